The molecule has 2 heterocycles. The van der Waals surface area contributed by atoms with Crippen LogP contribution < -0.4 is 5.32 Å². The number of amides is 1. The fourth-order valence-electron chi connectivity index (χ4n) is 4.48. The summed E-state index contributed by atoms with van der Waals surface area (Å²) >= 11 is 0. The van der Waals surface area contributed by atoms with Crippen molar-refractivity contribution in [2.24, 2.45) is 0 Å². The Morgan fingerprint density at radius 1 is 1.04 bits per heavy atom. The Morgan fingerprint density at radius 2 is 1.85 bits per heavy atom. The van der Waals surface area contributed by atoms with E-state index in [0.717, 1.165) is 30.8 Å². The summed E-state index contributed by atoms with van der Waals surface area (Å²) < 4.78 is 5.67. The van der Waals surface area contributed by atoms with Crippen molar-refractivity contribution in [3.05, 3.63) is 59.0 Å². The third kappa shape index (κ3) is 4.62. The number of aryl methyl sites for hydroxylation is 2. The minimum Gasteiger partial charge on any atom is -0.468 e. The topological polar surface area (TPSA) is 45.5 Å². The van der Waals surface area contributed by atoms with Crippen LogP contribution in [0, 0.1) is 0 Å². The van der Waals surface area contributed by atoms with Gasteiger partial charge in [-0.15, -0.1) is 0 Å². The molecule has 1 atom stereocenters. The SMILES string of the molecule is O=C(Cc1ccc2c(c1)CCCC2)NCC(c1ccco1)N1CCCCC1. The maximum absolute atomic E-state index is 12.6. The lowest BCUT2D eigenvalue weighted by Gasteiger charge is -2.33. The Kier molecular flexibility index (Phi) is 5.93. The normalized spacial score (nSPS) is 18.7. The van der Waals surface area contributed by atoms with Gasteiger partial charge in [-0.2, -0.15) is 0 Å². The highest BCUT2D eigenvalue weighted by atomic mass is 16.3. The van der Waals surface area contributed by atoms with E-state index >= 15 is 0 Å². The molecule has 4 heteroatoms. The van der Waals surface area contributed by atoms with Gasteiger partial charge < -0.3 is 9.73 Å². The van der Waals surface area contributed by atoms with Crippen molar-refractivity contribution in [2.75, 3.05) is 19.6 Å². The van der Waals surface area contributed by atoms with Gasteiger partial charge in [0.2, 0.25) is 5.91 Å². The lowest BCUT2D eigenvalue weighted by Crippen LogP contribution is -2.40. The van der Waals surface area contributed by atoms with E-state index in [-0.39, 0.29) is 11.9 Å². The number of hydrogen-bond donors (Lipinski definition) is 1. The lowest BCUT2D eigenvalue weighted by molar-refractivity contribution is -0.120. The molecule has 1 fully saturated rings. The molecule has 1 aromatic heterocycles. The van der Waals surface area contributed by atoms with Crippen LogP contribution in [-0.2, 0) is 24.1 Å². The van der Waals surface area contributed by atoms with Crippen LogP contribution in [-0.4, -0.2) is 30.4 Å². The molecule has 1 aromatic carbocycles. The fourth-order valence-corrected chi connectivity index (χ4v) is 4.48. The summed E-state index contributed by atoms with van der Waals surface area (Å²) in [7, 11) is 0. The van der Waals surface area contributed by atoms with E-state index in [9.17, 15) is 4.79 Å². The number of benzene rings is 1. The molecule has 27 heavy (non-hydrogen) atoms. The molecular formula is C23H30N2O2. The van der Waals surface area contributed by atoms with Gasteiger partial charge in [0.25, 0.3) is 0 Å². The van der Waals surface area contributed by atoms with Crippen LogP contribution in [0.25, 0.3) is 0 Å². The van der Waals surface area contributed by atoms with Gasteiger partial charge in [0.15, 0.2) is 0 Å². The van der Waals surface area contributed by atoms with Crippen molar-refractivity contribution >= 4 is 5.91 Å². The molecule has 4 nitrogen and oxygen atoms in total. The van der Waals surface area contributed by atoms with Crippen LogP contribution >= 0.6 is 0 Å². The van der Waals surface area contributed by atoms with E-state index in [1.165, 1.54) is 49.7 Å². The number of furan rings is 1. The van der Waals surface area contributed by atoms with Gasteiger partial charge in [-0.3, -0.25) is 9.69 Å². The van der Waals surface area contributed by atoms with Gasteiger partial charge in [0, 0.05) is 6.54 Å². The van der Waals surface area contributed by atoms with Gasteiger partial charge >= 0.3 is 0 Å². The highest BCUT2D eigenvalue weighted by molar-refractivity contribution is 5.78. The molecule has 1 N–H and O–H groups in total. The van der Waals surface area contributed by atoms with Crippen LogP contribution in [0.5, 0.6) is 0 Å². The first-order valence-corrected chi connectivity index (χ1v) is 10.4. The van der Waals surface area contributed by atoms with E-state index < -0.39 is 0 Å². The van der Waals surface area contributed by atoms with E-state index in [1.54, 1.807) is 6.26 Å². The van der Waals surface area contributed by atoms with E-state index in [4.69, 9.17) is 4.42 Å². The van der Waals surface area contributed by atoms with Crippen LogP contribution in [0.1, 0.15) is 60.6 Å². The largest absolute Gasteiger partial charge is 0.468 e. The van der Waals surface area contributed by atoms with Crippen LogP contribution in [0.2, 0.25) is 0 Å². The van der Waals surface area contributed by atoms with Crippen LogP contribution in [0.4, 0.5) is 0 Å². The highest BCUT2D eigenvalue weighted by Crippen LogP contribution is 2.25. The van der Waals surface area contributed by atoms with Gasteiger partial charge in [-0.25, -0.2) is 0 Å². The first-order valence-electron chi connectivity index (χ1n) is 10.4. The quantitative estimate of drug-likeness (QED) is 0.839. The smallest absolute Gasteiger partial charge is 0.224 e. The molecule has 1 amide bonds. The third-order valence-electron chi connectivity index (χ3n) is 5.97. The number of fused-ring (bicyclic) bond motifs is 1. The van der Waals surface area contributed by atoms with E-state index in [1.807, 2.05) is 12.1 Å². The Morgan fingerprint density at radius 3 is 2.63 bits per heavy atom. The van der Waals surface area contributed by atoms with Gasteiger partial charge in [-0.05, 0) is 80.4 Å². The number of rotatable bonds is 6. The van der Waals surface area contributed by atoms with Crippen molar-refractivity contribution in [2.45, 2.75) is 57.4 Å². The Bertz CT molecular complexity index is 748. The molecule has 2 aromatic rings. The average molecular weight is 367 g/mol. The monoisotopic (exact) mass is 366 g/mol. The molecule has 0 saturated carbocycles. The second-order valence-corrected chi connectivity index (χ2v) is 7.92. The molecule has 1 aliphatic carbocycles. The summed E-state index contributed by atoms with van der Waals surface area (Å²) in [4.78, 5) is 15.0. The number of carbonyl (C=O) groups is 1. The van der Waals surface area contributed by atoms with Gasteiger partial charge in [0.1, 0.15) is 5.76 Å². The molecular weight excluding hydrogens is 336 g/mol. The van der Waals surface area contributed by atoms with Gasteiger partial charge in [-0.1, -0.05) is 24.6 Å². The molecule has 144 valence electrons. The fraction of sp³-hybridized carbons (Fsp3) is 0.522. The number of carbonyl (C=O) groups excluding carboxylic acids is 1. The average Bonchev–Trinajstić information content (AvgIpc) is 3.23. The zero-order valence-corrected chi connectivity index (χ0v) is 16.1. The van der Waals surface area contributed by atoms with Crippen molar-refractivity contribution in [1.29, 1.82) is 0 Å². The summed E-state index contributed by atoms with van der Waals surface area (Å²) in [5, 5.41) is 3.16. The van der Waals surface area contributed by atoms with Crippen LogP contribution in [0.3, 0.4) is 0 Å². The molecule has 1 saturated heterocycles. The summed E-state index contributed by atoms with van der Waals surface area (Å²) in [5.74, 6) is 1.05. The predicted octanol–water partition coefficient (Wildman–Crippen LogP) is 4.04. The van der Waals surface area contributed by atoms with E-state index in [2.05, 4.69) is 28.4 Å². The maximum atomic E-state index is 12.6. The predicted molar refractivity (Wildman–Crippen MR) is 107 cm³/mol. The molecule has 1 unspecified atom stereocenters. The number of nitrogens with zero attached hydrogens (tertiary/aromatic N) is 1. The first-order chi connectivity index (χ1) is 13.3. The summed E-state index contributed by atoms with van der Waals surface area (Å²) in [5.41, 5.74) is 4.03. The highest BCUT2D eigenvalue weighted by Gasteiger charge is 2.25. The molecule has 2 aliphatic rings. The zero-order chi connectivity index (χ0) is 18.5. The molecule has 0 spiro atoms. The number of piperidine rings is 1. The lowest BCUT2D eigenvalue weighted by atomic mass is 9.90. The summed E-state index contributed by atoms with van der Waals surface area (Å²) in [6.07, 6.45) is 10.8. The van der Waals surface area contributed by atoms with Crippen molar-refractivity contribution in [3.63, 3.8) is 0 Å². The number of hydrogen-bond acceptors (Lipinski definition) is 3. The second-order valence-electron chi connectivity index (χ2n) is 7.92. The van der Waals surface area contributed by atoms with Crippen molar-refractivity contribution in [1.82, 2.24) is 10.2 Å². The Balaban J connectivity index is 1.36. The third-order valence-corrected chi connectivity index (χ3v) is 5.97. The number of likely N-dealkylation sites (tertiary alicyclic amines) is 1. The molecule has 0 bridgehead atoms. The maximum Gasteiger partial charge on any atom is 0.224 e. The van der Waals surface area contributed by atoms with Gasteiger partial charge in [0.05, 0.1) is 18.7 Å². The molecule has 4 rings (SSSR count). The Hall–Kier alpha value is -2.07. The molecule has 1 aliphatic heterocycles. The molecule has 0 radical (unpaired) electrons. The standard InChI is InChI=1S/C23H30N2O2/c26-23(16-18-10-11-19-7-2-3-8-20(19)15-18)24-17-21(22-9-6-14-27-22)25-12-4-1-5-13-25/h6,9-11,14-15,21H,1-5,7-8,12-13,16-17H2,(H,24,26). The Labute approximate surface area is 161 Å². The van der Waals surface area contributed by atoms with Crippen molar-refractivity contribution in [3.8, 4) is 0 Å². The summed E-state index contributed by atoms with van der Waals surface area (Å²) in [6, 6.07) is 10.7. The first kappa shape index (κ1) is 18.3. The van der Waals surface area contributed by atoms with E-state index in [0.29, 0.717) is 13.0 Å². The second kappa shape index (κ2) is 8.75. The minimum atomic E-state index is 0.0966. The number of nitrogens with one attached hydrogen (secondary N) is 1. The van der Waals surface area contributed by atoms with Crippen LogP contribution in [0.15, 0.2) is 41.0 Å². The summed E-state index contributed by atoms with van der Waals surface area (Å²) in [6.45, 7) is 2.76. The zero-order valence-electron chi connectivity index (χ0n) is 16.1. The minimum absolute atomic E-state index is 0.0966. The van der Waals surface area contributed by atoms with Crippen molar-refractivity contribution < 1.29 is 9.21 Å².